The Morgan fingerprint density at radius 1 is 1.40 bits per heavy atom. The van der Waals surface area contributed by atoms with Gasteiger partial charge in [0.1, 0.15) is 5.75 Å². The highest BCUT2D eigenvalue weighted by Gasteiger charge is 2.19. The summed E-state index contributed by atoms with van der Waals surface area (Å²) in [6.07, 6.45) is 4.02. The van der Waals surface area contributed by atoms with Gasteiger partial charge in [0.25, 0.3) is 0 Å². The van der Waals surface area contributed by atoms with Gasteiger partial charge in [-0.2, -0.15) is 0 Å². The van der Waals surface area contributed by atoms with Crippen LogP contribution in [0.2, 0.25) is 0 Å². The van der Waals surface area contributed by atoms with E-state index in [0.29, 0.717) is 0 Å². The number of nitrogens with one attached hydrogen (secondary N) is 1. The van der Waals surface area contributed by atoms with E-state index >= 15 is 0 Å². The van der Waals surface area contributed by atoms with Crippen LogP contribution in [-0.4, -0.2) is 32.1 Å². The molecule has 0 aromatic heterocycles. The molecule has 2 rings (SSSR count). The van der Waals surface area contributed by atoms with Crippen molar-refractivity contribution in [1.82, 2.24) is 10.2 Å². The topological polar surface area (TPSA) is 24.5 Å². The molecule has 1 saturated heterocycles. The van der Waals surface area contributed by atoms with Crippen LogP contribution in [0.5, 0.6) is 5.75 Å². The van der Waals surface area contributed by atoms with Gasteiger partial charge in [-0.15, -0.1) is 0 Å². The van der Waals surface area contributed by atoms with Crippen molar-refractivity contribution in [3.8, 4) is 5.75 Å². The Kier molecular flexibility index (Phi) is 5.86. The van der Waals surface area contributed by atoms with Gasteiger partial charge >= 0.3 is 0 Å². The van der Waals surface area contributed by atoms with Crippen LogP contribution in [0.25, 0.3) is 0 Å². The summed E-state index contributed by atoms with van der Waals surface area (Å²) in [6, 6.07) is 6.53. The number of hydrogen-bond donors (Lipinski definition) is 1. The van der Waals surface area contributed by atoms with Gasteiger partial charge in [0.2, 0.25) is 0 Å². The molecule has 3 heteroatoms. The molecular weight excluding hydrogens is 248 g/mol. The van der Waals surface area contributed by atoms with Gasteiger partial charge in [-0.1, -0.05) is 19.4 Å². The van der Waals surface area contributed by atoms with E-state index in [9.17, 15) is 0 Å². The van der Waals surface area contributed by atoms with Crippen LogP contribution in [0.15, 0.2) is 18.2 Å². The number of piperidine rings is 1. The molecule has 0 aliphatic carbocycles. The molecule has 1 aromatic rings. The predicted octanol–water partition coefficient (Wildman–Crippen LogP) is 3.04. The van der Waals surface area contributed by atoms with Crippen LogP contribution in [-0.2, 0) is 13.1 Å². The number of methoxy groups -OCH3 is 1. The van der Waals surface area contributed by atoms with Gasteiger partial charge in [-0.25, -0.2) is 0 Å². The van der Waals surface area contributed by atoms with Crippen molar-refractivity contribution in [2.75, 3.05) is 27.2 Å². The van der Waals surface area contributed by atoms with Crippen LogP contribution >= 0.6 is 0 Å². The summed E-state index contributed by atoms with van der Waals surface area (Å²) in [5, 5.41) is 3.21. The molecule has 0 radical (unpaired) electrons. The Balaban J connectivity index is 2.08. The first kappa shape index (κ1) is 15.3. The van der Waals surface area contributed by atoms with Gasteiger partial charge in [0, 0.05) is 25.2 Å². The highest BCUT2D eigenvalue weighted by atomic mass is 16.5. The third-order valence-corrected chi connectivity index (χ3v) is 4.30. The molecule has 0 bridgehead atoms. The third-order valence-electron chi connectivity index (χ3n) is 4.30. The average molecular weight is 276 g/mol. The largest absolute Gasteiger partial charge is 0.496 e. The highest BCUT2D eigenvalue weighted by molar-refractivity contribution is 5.37. The Hall–Kier alpha value is -1.06. The van der Waals surface area contributed by atoms with E-state index in [1.807, 2.05) is 7.05 Å². The summed E-state index contributed by atoms with van der Waals surface area (Å²) >= 11 is 0. The fourth-order valence-corrected chi connectivity index (χ4v) is 3.14. The molecule has 3 nitrogen and oxygen atoms in total. The molecule has 1 N–H and O–H groups in total. The quantitative estimate of drug-likeness (QED) is 0.864. The molecule has 1 heterocycles. The summed E-state index contributed by atoms with van der Waals surface area (Å²) in [7, 11) is 3.75. The highest BCUT2D eigenvalue weighted by Crippen LogP contribution is 2.25. The van der Waals surface area contributed by atoms with Crippen molar-refractivity contribution >= 4 is 0 Å². The molecule has 1 aliphatic heterocycles. The molecule has 1 aliphatic rings. The lowest BCUT2D eigenvalue weighted by atomic mass is 9.95. The molecule has 1 fully saturated rings. The second kappa shape index (κ2) is 7.65. The first-order valence-corrected chi connectivity index (χ1v) is 7.79. The standard InChI is InChI=1S/C17H28N2O/c1-4-14-6-5-9-19(12-14)13-16-10-15(11-18-2)7-8-17(16)20-3/h7-8,10,14,18H,4-6,9,11-13H2,1-3H3. The van der Waals surface area contributed by atoms with E-state index in [4.69, 9.17) is 4.74 Å². The predicted molar refractivity (Wildman–Crippen MR) is 84.0 cm³/mol. The Morgan fingerprint density at radius 2 is 2.25 bits per heavy atom. The number of nitrogens with zero attached hydrogens (tertiary/aromatic N) is 1. The number of rotatable bonds is 6. The van der Waals surface area contributed by atoms with Gasteiger partial charge < -0.3 is 10.1 Å². The minimum Gasteiger partial charge on any atom is -0.496 e. The fourth-order valence-electron chi connectivity index (χ4n) is 3.14. The van der Waals surface area contributed by atoms with Crippen molar-refractivity contribution in [1.29, 1.82) is 0 Å². The second-order valence-electron chi connectivity index (χ2n) is 5.83. The minimum atomic E-state index is 0.871. The third kappa shape index (κ3) is 3.97. The number of benzene rings is 1. The first-order valence-electron chi connectivity index (χ1n) is 7.79. The van der Waals surface area contributed by atoms with E-state index in [0.717, 1.165) is 24.8 Å². The SMILES string of the molecule is CCC1CCCN(Cc2cc(CNC)ccc2OC)C1. The maximum atomic E-state index is 5.53. The van der Waals surface area contributed by atoms with E-state index in [1.54, 1.807) is 7.11 Å². The van der Waals surface area contributed by atoms with Crippen LogP contribution in [0.4, 0.5) is 0 Å². The Morgan fingerprint density at radius 3 is 2.95 bits per heavy atom. The maximum absolute atomic E-state index is 5.53. The molecule has 1 atom stereocenters. The smallest absolute Gasteiger partial charge is 0.123 e. The fraction of sp³-hybridized carbons (Fsp3) is 0.647. The van der Waals surface area contributed by atoms with Crippen molar-refractivity contribution in [2.45, 2.75) is 39.3 Å². The van der Waals surface area contributed by atoms with E-state index in [-0.39, 0.29) is 0 Å². The van der Waals surface area contributed by atoms with Crippen LogP contribution < -0.4 is 10.1 Å². The zero-order valence-electron chi connectivity index (χ0n) is 13.1. The van der Waals surface area contributed by atoms with Crippen molar-refractivity contribution < 1.29 is 4.74 Å². The zero-order valence-corrected chi connectivity index (χ0v) is 13.1. The summed E-state index contributed by atoms with van der Waals surface area (Å²) in [6.45, 7) is 6.68. The monoisotopic (exact) mass is 276 g/mol. The number of ether oxygens (including phenoxy) is 1. The molecule has 20 heavy (non-hydrogen) atoms. The number of hydrogen-bond acceptors (Lipinski definition) is 3. The van der Waals surface area contributed by atoms with Crippen molar-refractivity contribution in [3.05, 3.63) is 29.3 Å². The summed E-state index contributed by atoms with van der Waals surface area (Å²) in [4.78, 5) is 2.58. The second-order valence-corrected chi connectivity index (χ2v) is 5.83. The molecular formula is C17H28N2O. The molecule has 1 unspecified atom stereocenters. The average Bonchev–Trinajstić information content (AvgIpc) is 2.48. The lowest BCUT2D eigenvalue weighted by molar-refractivity contribution is 0.163. The van der Waals surface area contributed by atoms with E-state index < -0.39 is 0 Å². The lowest BCUT2D eigenvalue weighted by Crippen LogP contribution is -2.34. The van der Waals surface area contributed by atoms with E-state index in [1.165, 1.54) is 43.5 Å². The summed E-state index contributed by atoms with van der Waals surface area (Å²) in [5.41, 5.74) is 2.64. The molecule has 112 valence electrons. The first-order chi connectivity index (χ1) is 9.76. The Bertz CT molecular complexity index is 419. The van der Waals surface area contributed by atoms with Gasteiger partial charge in [-0.05, 0) is 50.0 Å². The zero-order chi connectivity index (χ0) is 14.4. The van der Waals surface area contributed by atoms with Crippen LogP contribution in [0.1, 0.15) is 37.3 Å². The maximum Gasteiger partial charge on any atom is 0.123 e. The lowest BCUT2D eigenvalue weighted by Gasteiger charge is -2.32. The van der Waals surface area contributed by atoms with Gasteiger partial charge in [0.05, 0.1) is 7.11 Å². The van der Waals surface area contributed by atoms with Crippen molar-refractivity contribution in [3.63, 3.8) is 0 Å². The Labute approximate surface area is 123 Å². The number of likely N-dealkylation sites (tertiary alicyclic amines) is 1. The van der Waals surface area contributed by atoms with Gasteiger partial charge in [-0.3, -0.25) is 4.90 Å². The van der Waals surface area contributed by atoms with E-state index in [2.05, 4.69) is 35.3 Å². The van der Waals surface area contributed by atoms with Crippen LogP contribution in [0, 0.1) is 5.92 Å². The summed E-state index contributed by atoms with van der Waals surface area (Å²) in [5.74, 6) is 1.89. The summed E-state index contributed by atoms with van der Waals surface area (Å²) < 4.78 is 5.53. The normalized spacial score (nSPS) is 20.1. The molecule has 0 spiro atoms. The van der Waals surface area contributed by atoms with Gasteiger partial charge in [0.15, 0.2) is 0 Å². The molecule has 0 saturated carbocycles. The van der Waals surface area contributed by atoms with Crippen LogP contribution in [0.3, 0.4) is 0 Å². The molecule has 1 aromatic carbocycles. The molecule has 0 amide bonds. The van der Waals surface area contributed by atoms with Crippen molar-refractivity contribution in [2.24, 2.45) is 5.92 Å². The minimum absolute atomic E-state index is 0.871.